The second-order valence-electron chi connectivity index (χ2n) is 1.49. The van der Waals surface area contributed by atoms with Gasteiger partial charge < -0.3 is 4.43 Å². The molecule has 0 aromatic rings. The molecule has 8 heavy (non-hydrogen) atoms. The van der Waals surface area contributed by atoms with Crippen LogP contribution < -0.4 is 0 Å². The summed E-state index contributed by atoms with van der Waals surface area (Å²) in [4.78, 5) is 0. The number of unbranched alkanes of at least 4 members (excludes halogenated alkanes) is 1. The van der Waals surface area contributed by atoms with E-state index < -0.39 is 0 Å². The highest BCUT2D eigenvalue weighted by molar-refractivity contribution is 6.26. The standard InChI is InChI=1S/C5H11ClOSi/c1-7-8-5-3-2-4-6/h2-5H2,1H3. The van der Waals surface area contributed by atoms with Crippen LogP contribution in [0.4, 0.5) is 0 Å². The van der Waals surface area contributed by atoms with Gasteiger partial charge in [-0.25, -0.2) is 0 Å². The molecule has 3 heteroatoms. The van der Waals surface area contributed by atoms with Crippen molar-refractivity contribution in [2.45, 2.75) is 18.9 Å². The summed E-state index contributed by atoms with van der Waals surface area (Å²) in [6.07, 6.45) is 2.33. The van der Waals surface area contributed by atoms with Gasteiger partial charge in [-0.1, -0.05) is 6.42 Å². The first-order valence-electron chi connectivity index (χ1n) is 2.73. The molecule has 0 saturated heterocycles. The quantitative estimate of drug-likeness (QED) is 0.329. The fourth-order valence-electron chi connectivity index (χ4n) is 0.394. The van der Waals surface area contributed by atoms with Crippen LogP contribution in [0.5, 0.6) is 0 Å². The molecular weight excluding hydrogens is 140 g/mol. The van der Waals surface area contributed by atoms with Crippen LogP contribution >= 0.6 is 11.6 Å². The van der Waals surface area contributed by atoms with E-state index in [0.717, 1.165) is 12.3 Å². The molecular formula is C5H11ClOSi. The predicted molar refractivity (Wildman–Crippen MR) is 37.5 cm³/mol. The maximum atomic E-state index is 5.44. The Hall–Kier alpha value is 0.467. The van der Waals surface area contributed by atoms with Crippen LogP contribution in [0.3, 0.4) is 0 Å². The molecule has 0 fully saturated rings. The van der Waals surface area contributed by atoms with Crippen molar-refractivity contribution in [1.82, 2.24) is 0 Å². The van der Waals surface area contributed by atoms with Crippen molar-refractivity contribution >= 4 is 21.4 Å². The third-order valence-corrected chi connectivity index (χ3v) is 1.92. The molecule has 0 atom stereocenters. The molecule has 0 aromatic carbocycles. The number of hydrogen-bond donors (Lipinski definition) is 0. The normalized spacial score (nSPS) is 9.75. The molecule has 0 spiro atoms. The Morgan fingerprint density at radius 1 is 1.50 bits per heavy atom. The lowest BCUT2D eigenvalue weighted by atomic mass is 10.4. The van der Waals surface area contributed by atoms with Crippen LogP contribution in [0.15, 0.2) is 0 Å². The molecule has 0 unspecified atom stereocenters. The highest BCUT2D eigenvalue weighted by Crippen LogP contribution is 1.95. The minimum absolute atomic E-state index is 0.666. The zero-order valence-electron chi connectivity index (χ0n) is 5.11. The second-order valence-corrected chi connectivity index (χ2v) is 3.07. The Bertz CT molecular complexity index is 37.4. The Morgan fingerprint density at radius 2 is 2.25 bits per heavy atom. The summed E-state index contributed by atoms with van der Waals surface area (Å²) in [5.74, 6) is 0.786. The number of halogens is 1. The van der Waals surface area contributed by atoms with Gasteiger partial charge in [-0.15, -0.1) is 11.6 Å². The maximum Gasteiger partial charge on any atom is 0.229 e. The van der Waals surface area contributed by atoms with Gasteiger partial charge in [0.25, 0.3) is 0 Å². The lowest BCUT2D eigenvalue weighted by molar-refractivity contribution is 0.439. The van der Waals surface area contributed by atoms with Crippen molar-refractivity contribution in [3.8, 4) is 0 Å². The second kappa shape index (κ2) is 7.47. The van der Waals surface area contributed by atoms with Gasteiger partial charge in [0.05, 0.1) is 0 Å². The first-order valence-corrected chi connectivity index (χ1v) is 4.38. The van der Waals surface area contributed by atoms with Gasteiger partial charge in [0, 0.05) is 13.0 Å². The van der Waals surface area contributed by atoms with Crippen molar-refractivity contribution in [3.05, 3.63) is 0 Å². The van der Waals surface area contributed by atoms with Gasteiger partial charge >= 0.3 is 0 Å². The summed E-state index contributed by atoms with van der Waals surface area (Å²) < 4.78 is 4.87. The van der Waals surface area contributed by atoms with Crippen molar-refractivity contribution in [2.75, 3.05) is 13.0 Å². The van der Waals surface area contributed by atoms with Crippen LogP contribution in [0, 0.1) is 0 Å². The van der Waals surface area contributed by atoms with E-state index in [1.165, 1.54) is 12.5 Å². The highest BCUT2D eigenvalue weighted by Gasteiger charge is 1.87. The molecule has 0 saturated carbocycles. The predicted octanol–water partition coefficient (Wildman–Crippen LogP) is 1.69. The molecule has 48 valence electrons. The van der Waals surface area contributed by atoms with E-state index in [2.05, 4.69) is 0 Å². The molecule has 0 aliphatic rings. The summed E-state index contributed by atoms with van der Waals surface area (Å²) in [6.45, 7) is 0. The summed E-state index contributed by atoms with van der Waals surface area (Å²) in [5.41, 5.74) is 0. The van der Waals surface area contributed by atoms with Crippen LogP contribution in [0.25, 0.3) is 0 Å². The molecule has 2 radical (unpaired) electrons. The summed E-state index contributed by atoms with van der Waals surface area (Å²) in [5, 5.41) is 0. The minimum atomic E-state index is 0.666. The van der Waals surface area contributed by atoms with E-state index in [4.69, 9.17) is 16.0 Å². The number of rotatable bonds is 5. The van der Waals surface area contributed by atoms with Crippen LogP contribution in [-0.4, -0.2) is 22.8 Å². The maximum absolute atomic E-state index is 5.44. The van der Waals surface area contributed by atoms with Gasteiger partial charge in [0.1, 0.15) is 0 Å². The van der Waals surface area contributed by atoms with Crippen LogP contribution in [0.2, 0.25) is 6.04 Å². The van der Waals surface area contributed by atoms with Crippen LogP contribution in [0.1, 0.15) is 12.8 Å². The van der Waals surface area contributed by atoms with E-state index in [1.807, 2.05) is 0 Å². The van der Waals surface area contributed by atoms with E-state index >= 15 is 0 Å². The molecule has 0 amide bonds. The average molecular weight is 151 g/mol. The molecule has 0 N–H and O–H groups in total. The SMILES string of the molecule is CO[Si]CCCCCl. The minimum Gasteiger partial charge on any atom is -0.421 e. The van der Waals surface area contributed by atoms with Gasteiger partial charge in [-0.2, -0.15) is 0 Å². The average Bonchev–Trinajstić information content (AvgIpc) is 1.81. The number of alkyl halides is 1. The van der Waals surface area contributed by atoms with Gasteiger partial charge in [-0.05, 0) is 12.5 Å². The third kappa shape index (κ3) is 6.47. The Labute approximate surface area is 58.3 Å². The highest BCUT2D eigenvalue weighted by atomic mass is 35.5. The smallest absolute Gasteiger partial charge is 0.229 e. The van der Waals surface area contributed by atoms with Gasteiger partial charge in [0.2, 0.25) is 9.76 Å². The number of hydrogen-bond acceptors (Lipinski definition) is 1. The molecule has 0 heterocycles. The van der Waals surface area contributed by atoms with Crippen molar-refractivity contribution < 1.29 is 4.43 Å². The summed E-state index contributed by atoms with van der Waals surface area (Å²) in [7, 11) is 2.40. The topological polar surface area (TPSA) is 9.23 Å². The lowest BCUT2D eigenvalue weighted by Gasteiger charge is -1.92. The zero-order valence-corrected chi connectivity index (χ0v) is 6.87. The van der Waals surface area contributed by atoms with E-state index in [-0.39, 0.29) is 0 Å². The Kier molecular flexibility index (Phi) is 7.90. The monoisotopic (exact) mass is 150 g/mol. The Balaban J connectivity index is 2.53. The fraction of sp³-hybridized carbons (Fsp3) is 1.00. The molecule has 0 rings (SSSR count). The lowest BCUT2D eigenvalue weighted by Crippen LogP contribution is -1.91. The Morgan fingerprint density at radius 3 is 2.75 bits per heavy atom. The van der Waals surface area contributed by atoms with Gasteiger partial charge in [0.15, 0.2) is 0 Å². The van der Waals surface area contributed by atoms with E-state index in [0.29, 0.717) is 9.76 Å². The molecule has 0 bridgehead atoms. The molecule has 0 aliphatic carbocycles. The molecule has 1 nitrogen and oxygen atoms in total. The van der Waals surface area contributed by atoms with Crippen molar-refractivity contribution in [3.63, 3.8) is 0 Å². The zero-order chi connectivity index (χ0) is 6.24. The van der Waals surface area contributed by atoms with E-state index in [9.17, 15) is 0 Å². The fourth-order valence-corrected chi connectivity index (χ4v) is 1.18. The summed E-state index contributed by atoms with van der Waals surface area (Å²) in [6, 6.07) is 1.17. The first kappa shape index (κ1) is 8.47. The third-order valence-electron chi connectivity index (χ3n) is 0.807. The largest absolute Gasteiger partial charge is 0.421 e. The van der Waals surface area contributed by atoms with Crippen LogP contribution in [-0.2, 0) is 4.43 Å². The van der Waals surface area contributed by atoms with Gasteiger partial charge in [-0.3, -0.25) is 0 Å². The molecule has 0 aliphatic heterocycles. The van der Waals surface area contributed by atoms with Crippen molar-refractivity contribution in [2.24, 2.45) is 0 Å². The van der Waals surface area contributed by atoms with Crippen molar-refractivity contribution in [1.29, 1.82) is 0 Å². The first-order chi connectivity index (χ1) is 3.91. The molecule has 0 aromatic heterocycles. The summed E-state index contributed by atoms with van der Waals surface area (Å²) >= 11 is 5.44. The van der Waals surface area contributed by atoms with E-state index in [1.54, 1.807) is 7.11 Å².